The summed E-state index contributed by atoms with van der Waals surface area (Å²) in [5.41, 5.74) is 4.11. The van der Waals surface area contributed by atoms with Crippen molar-refractivity contribution in [1.82, 2.24) is 19.3 Å². The lowest BCUT2D eigenvalue weighted by atomic mass is 10.2. The molecule has 0 radical (unpaired) electrons. The summed E-state index contributed by atoms with van der Waals surface area (Å²) in [6.07, 6.45) is 2.67. The molecule has 30 heavy (non-hydrogen) atoms. The van der Waals surface area contributed by atoms with E-state index in [-0.39, 0.29) is 11.7 Å². The molecule has 6 nitrogen and oxygen atoms in total. The molecule has 0 unspecified atom stereocenters. The number of para-hydroxylation sites is 1. The van der Waals surface area contributed by atoms with Crippen molar-refractivity contribution < 1.29 is 4.79 Å². The van der Waals surface area contributed by atoms with E-state index in [1.807, 2.05) is 54.2 Å². The average molecular weight is 418 g/mol. The Morgan fingerprint density at radius 3 is 2.47 bits per heavy atom. The molecule has 0 bridgehead atoms. The second kappa shape index (κ2) is 9.00. The molecular weight excluding hydrogens is 394 g/mol. The molecule has 0 spiro atoms. The number of nitrogens with one attached hydrogen (secondary N) is 1. The Hall–Kier alpha value is -3.32. The first-order valence-corrected chi connectivity index (χ1v) is 10.7. The van der Waals surface area contributed by atoms with Crippen LogP contribution < -0.4 is 5.32 Å². The summed E-state index contributed by atoms with van der Waals surface area (Å²) in [5, 5.41) is 12.4. The van der Waals surface area contributed by atoms with Crippen LogP contribution in [0.15, 0.2) is 78.1 Å². The third kappa shape index (κ3) is 4.63. The third-order valence-electron chi connectivity index (χ3n) is 4.77. The van der Waals surface area contributed by atoms with Gasteiger partial charge in [0.05, 0.1) is 5.75 Å². The van der Waals surface area contributed by atoms with Crippen LogP contribution in [0.5, 0.6) is 0 Å². The van der Waals surface area contributed by atoms with Gasteiger partial charge in [0.1, 0.15) is 5.82 Å². The van der Waals surface area contributed by atoms with E-state index < -0.39 is 0 Å². The minimum Gasteiger partial charge on any atom is -0.354 e. The SMILES string of the molecule is Cc1ccc(-n2c(Cc3cccn3C)nnc2SCC(=O)Nc2ccccc2)cc1. The molecule has 1 N–H and O–H groups in total. The molecule has 2 aromatic heterocycles. The van der Waals surface area contributed by atoms with Crippen LogP contribution in [0.4, 0.5) is 5.69 Å². The van der Waals surface area contributed by atoms with Crippen molar-refractivity contribution in [3.8, 4) is 5.69 Å². The summed E-state index contributed by atoms with van der Waals surface area (Å²) < 4.78 is 4.11. The van der Waals surface area contributed by atoms with Gasteiger partial charge in [-0.25, -0.2) is 0 Å². The van der Waals surface area contributed by atoms with Gasteiger partial charge >= 0.3 is 0 Å². The highest BCUT2D eigenvalue weighted by Crippen LogP contribution is 2.24. The van der Waals surface area contributed by atoms with Crippen molar-refractivity contribution >= 4 is 23.4 Å². The molecule has 0 atom stereocenters. The van der Waals surface area contributed by atoms with Gasteiger partial charge in [-0.2, -0.15) is 0 Å². The van der Waals surface area contributed by atoms with E-state index in [0.29, 0.717) is 11.6 Å². The molecule has 4 aromatic rings. The van der Waals surface area contributed by atoms with Crippen LogP contribution >= 0.6 is 11.8 Å². The number of thioether (sulfide) groups is 1. The molecule has 152 valence electrons. The number of benzene rings is 2. The molecule has 2 aromatic carbocycles. The van der Waals surface area contributed by atoms with Gasteiger partial charge in [0.2, 0.25) is 5.91 Å². The van der Waals surface area contributed by atoms with E-state index in [2.05, 4.69) is 57.3 Å². The number of carbonyl (C=O) groups is 1. The molecule has 4 rings (SSSR count). The highest BCUT2D eigenvalue weighted by molar-refractivity contribution is 7.99. The maximum atomic E-state index is 12.4. The maximum absolute atomic E-state index is 12.4. The zero-order valence-electron chi connectivity index (χ0n) is 16.9. The molecule has 0 aliphatic rings. The first-order valence-electron chi connectivity index (χ1n) is 9.69. The fourth-order valence-electron chi connectivity index (χ4n) is 3.15. The van der Waals surface area contributed by atoms with Crippen molar-refractivity contribution in [3.63, 3.8) is 0 Å². The van der Waals surface area contributed by atoms with Crippen molar-refractivity contribution in [1.29, 1.82) is 0 Å². The van der Waals surface area contributed by atoms with Crippen molar-refractivity contribution in [3.05, 3.63) is 90.0 Å². The van der Waals surface area contributed by atoms with Gasteiger partial charge in [0.25, 0.3) is 0 Å². The van der Waals surface area contributed by atoms with Crippen LogP contribution in [0.1, 0.15) is 17.1 Å². The number of anilines is 1. The van der Waals surface area contributed by atoms with Crippen LogP contribution in [0, 0.1) is 6.92 Å². The highest BCUT2D eigenvalue weighted by Gasteiger charge is 2.17. The van der Waals surface area contributed by atoms with Gasteiger partial charge in [-0.15, -0.1) is 10.2 Å². The molecular formula is C23H23N5OS. The van der Waals surface area contributed by atoms with E-state index in [1.165, 1.54) is 17.3 Å². The summed E-state index contributed by atoms with van der Waals surface area (Å²) in [7, 11) is 2.02. The smallest absolute Gasteiger partial charge is 0.234 e. The van der Waals surface area contributed by atoms with Crippen molar-refractivity contribution in [2.75, 3.05) is 11.1 Å². The summed E-state index contributed by atoms with van der Waals surface area (Å²) in [5.74, 6) is 1.02. The Balaban J connectivity index is 1.56. The molecule has 2 heterocycles. The molecule has 0 saturated heterocycles. The monoisotopic (exact) mass is 417 g/mol. The Bertz CT molecular complexity index is 1130. The Labute approximate surface area is 180 Å². The Kier molecular flexibility index (Phi) is 5.99. The van der Waals surface area contributed by atoms with E-state index >= 15 is 0 Å². The number of aryl methyl sites for hydroxylation is 2. The highest BCUT2D eigenvalue weighted by atomic mass is 32.2. The number of carbonyl (C=O) groups excluding carboxylic acids is 1. The summed E-state index contributed by atoms with van der Waals surface area (Å²) in [6, 6.07) is 21.8. The molecule has 0 aliphatic carbocycles. The Morgan fingerprint density at radius 2 is 1.77 bits per heavy atom. The van der Waals surface area contributed by atoms with Crippen LogP contribution in [-0.2, 0) is 18.3 Å². The number of rotatable bonds is 7. The predicted octanol–water partition coefficient (Wildman–Crippen LogP) is 4.24. The second-order valence-electron chi connectivity index (χ2n) is 7.06. The maximum Gasteiger partial charge on any atom is 0.234 e. The molecule has 1 amide bonds. The fourth-order valence-corrected chi connectivity index (χ4v) is 3.92. The van der Waals surface area contributed by atoms with Gasteiger partial charge in [-0.05, 0) is 43.3 Å². The number of hydrogen-bond acceptors (Lipinski definition) is 4. The quantitative estimate of drug-likeness (QED) is 0.457. The zero-order valence-corrected chi connectivity index (χ0v) is 17.8. The number of hydrogen-bond donors (Lipinski definition) is 1. The minimum atomic E-state index is -0.0753. The summed E-state index contributed by atoms with van der Waals surface area (Å²) >= 11 is 1.38. The lowest BCUT2D eigenvalue weighted by Crippen LogP contribution is -2.14. The lowest BCUT2D eigenvalue weighted by Gasteiger charge is -2.11. The van der Waals surface area contributed by atoms with Crippen molar-refractivity contribution in [2.24, 2.45) is 7.05 Å². The normalized spacial score (nSPS) is 10.9. The molecule has 7 heteroatoms. The molecule has 0 saturated carbocycles. The van der Waals surface area contributed by atoms with E-state index in [0.717, 1.165) is 22.9 Å². The number of aromatic nitrogens is 4. The lowest BCUT2D eigenvalue weighted by molar-refractivity contribution is -0.113. The predicted molar refractivity (Wildman–Crippen MR) is 120 cm³/mol. The van der Waals surface area contributed by atoms with Crippen molar-refractivity contribution in [2.45, 2.75) is 18.5 Å². The van der Waals surface area contributed by atoms with Gasteiger partial charge in [0.15, 0.2) is 5.16 Å². The summed E-state index contributed by atoms with van der Waals surface area (Å²) in [6.45, 7) is 2.06. The molecule has 0 aliphatic heterocycles. The zero-order chi connectivity index (χ0) is 20.9. The third-order valence-corrected chi connectivity index (χ3v) is 5.70. The molecule has 0 fully saturated rings. The first-order chi connectivity index (χ1) is 14.6. The fraction of sp³-hybridized carbons (Fsp3) is 0.174. The first kappa shape index (κ1) is 20.0. The van der Waals surface area contributed by atoms with E-state index in [1.54, 1.807) is 0 Å². The van der Waals surface area contributed by atoms with Gasteiger partial charge in [-0.1, -0.05) is 47.7 Å². The van der Waals surface area contributed by atoms with Crippen LogP contribution in [0.3, 0.4) is 0 Å². The van der Waals surface area contributed by atoms with Crippen LogP contribution in [0.25, 0.3) is 5.69 Å². The second-order valence-corrected chi connectivity index (χ2v) is 8.00. The van der Waals surface area contributed by atoms with Gasteiger partial charge < -0.3 is 9.88 Å². The van der Waals surface area contributed by atoms with E-state index in [4.69, 9.17) is 0 Å². The number of amides is 1. The topological polar surface area (TPSA) is 64.7 Å². The standard InChI is InChI=1S/C23H23N5OS/c1-17-10-12-19(13-11-17)28-21(15-20-9-6-14-27(20)2)25-26-23(28)30-16-22(29)24-18-7-4-3-5-8-18/h3-14H,15-16H2,1-2H3,(H,24,29). The van der Waals surface area contributed by atoms with E-state index in [9.17, 15) is 4.79 Å². The van der Waals surface area contributed by atoms with Gasteiger partial charge in [-0.3, -0.25) is 9.36 Å². The average Bonchev–Trinajstić information content (AvgIpc) is 3.34. The Morgan fingerprint density at radius 1 is 1.00 bits per heavy atom. The van der Waals surface area contributed by atoms with Crippen LogP contribution in [-0.4, -0.2) is 31.0 Å². The number of nitrogens with zero attached hydrogens (tertiary/aromatic N) is 4. The van der Waals surface area contributed by atoms with Crippen LogP contribution in [0.2, 0.25) is 0 Å². The largest absolute Gasteiger partial charge is 0.354 e. The van der Waals surface area contributed by atoms with Gasteiger partial charge in [0, 0.05) is 36.7 Å². The minimum absolute atomic E-state index is 0.0753. The summed E-state index contributed by atoms with van der Waals surface area (Å²) in [4.78, 5) is 12.4.